The van der Waals surface area contributed by atoms with Crippen LogP contribution in [0.15, 0.2) is 64.8 Å². The Morgan fingerprint density at radius 2 is 1.84 bits per heavy atom. The Balaban J connectivity index is 1.70. The zero-order chi connectivity index (χ0) is 17.3. The van der Waals surface area contributed by atoms with E-state index in [9.17, 15) is 0 Å². The predicted molar refractivity (Wildman–Crippen MR) is 105 cm³/mol. The number of aryl methyl sites for hydroxylation is 1. The minimum Gasteiger partial charge on any atom is -0.318 e. The van der Waals surface area contributed by atoms with Gasteiger partial charge in [-0.25, -0.2) is 5.01 Å². The molecule has 2 heterocycles. The lowest BCUT2D eigenvalue weighted by molar-refractivity contribution is 0.175. The third kappa shape index (κ3) is 3.34. The standard InChI is InChI=1S/C22H27N3/c1-17-9-11-18(12-10-17)20-16-21(24-25-14-6-3-7-15-25)19-8-4-5-13-22(19,2)23-20/h4-5,8-12,16,24H,3,6-7,13-15H2,1-2H3. The highest BCUT2D eigenvalue weighted by molar-refractivity contribution is 6.10. The summed E-state index contributed by atoms with van der Waals surface area (Å²) in [5, 5.41) is 2.37. The molecule has 0 radical (unpaired) electrons. The molecule has 1 fully saturated rings. The number of nitrogens with zero attached hydrogens (tertiary/aromatic N) is 2. The lowest BCUT2D eigenvalue weighted by atomic mass is 9.80. The van der Waals surface area contributed by atoms with Crippen molar-refractivity contribution < 1.29 is 0 Å². The van der Waals surface area contributed by atoms with Crippen molar-refractivity contribution in [3.05, 3.63) is 71.0 Å². The van der Waals surface area contributed by atoms with Crippen LogP contribution in [0.2, 0.25) is 0 Å². The van der Waals surface area contributed by atoms with Crippen molar-refractivity contribution in [3.8, 4) is 0 Å². The molecule has 1 saturated heterocycles. The van der Waals surface area contributed by atoms with Crippen LogP contribution >= 0.6 is 0 Å². The zero-order valence-electron chi connectivity index (χ0n) is 15.3. The molecule has 0 bridgehead atoms. The van der Waals surface area contributed by atoms with Gasteiger partial charge in [-0.15, -0.1) is 0 Å². The number of fused-ring (bicyclic) bond motifs is 1. The SMILES string of the molecule is Cc1ccc(C2=NC3(C)CC=CC=C3C(NN3CCCCC3)=C2)cc1. The van der Waals surface area contributed by atoms with Gasteiger partial charge in [0.2, 0.25) is 0 Å². The van der Waals surface area contributed by atoms with Crippen LogP contribution in [0.25, 0.3) is 0 Å². The van der Waals surface area contributed by atoms with E-state index in [1.54, 1.807) is 0 Å². The molecule has 3 aliphatic rings. The Morgan fingerprint density at radius 3 is 2.60 bits per heavy atom. The maximum absolute atomic E-state index is 5.14. The minimum atomic E-state index is -0.179. The first-order valence-electron chi connectivity index (χ1n) is 9.42. The van der Waals surface area contributed by atoms with Gasteiger partial charge in [0.05, 0.1) is 16.9 Å². The van der Waals surface area contributed by atoms with Gasteiger partial charge in [0.15, 0.2) is 0 Å². The second-order valence-electron chi connectivity index (χ2n) is 7.57. The van der Waals surface area contributed by atoms with Crippen molar-refractivity contribution in [3.63, 3.8) is 0 Å². The van der Waals surface area contributed by atoms with Crippen LogP contribution in [0.1, 0.15) is 43.7 Å². The fourth-order valence-corrected chi connectivity index (χ4v) is 3.89. The van der Waals surface area contributed by atoms with E-state index < -0.39 is 0 Å². The average Bonchev–Trinajstić information content (AvgIpc) is 2.62. The molecular formula is C22H27N3. The van der Waals surface area contributed by atoms with E-state index >= 15 is 0 Å². The van der Waals surface area contributed by atoms with Gasteiger partial charge in [-0.1, -0.05) is 54.5 Å². The van der Waals surface area contributed by atoms with Gasteiger partial charge in [0.25, 0.3) is 0 Å². The summed E-state index contributed by atoms with van der Waals surface area (Å²) in [6, 6.07) is 8.69. The van der Waals surface area contributed by atoms with Crippen molar-refractivity contribution in [1.82, 2.24) is 10.4 Å². The van der Waals surface area contributed by atoms with E-state index in [-0.39, 0.29) is 5.54 Å². The van der Waals surface area contributed by atoms with Crippen LogP contribution in [-0.4, -0.2) is 29.3 Å². The second-order valence-corrected chi connectivity index (χ2v) is 7.57. The molecule has 25 heavy (non-hydrogen) atoms. The van der Waals surface area contributed by atoms with Gasteiger partial charge in [-0.05, 0) is 44.7 Å². The molecule has 1 N–H and O–H groups in total. The lowest BCUT2D eigenvalue weighted by Gasteiger charge is -2.38. The summed E-state index contributed by atoms with van der Waals surface area (Å²) in [5.74, 6) is 0. The molecule has 0 saturated carbocycles. The van der Waals surface area contributed by atoms with Crippen LogP contribution in [0.4, 0.5) is 0 Å². The first kappa shape index (κ1) is 16.3. The van der Waals surface area contributed by atoms with Crippen LogP contribution < -0.4 is 5.43 Å². The number of allylic oxidation sites excluding steroid dienone is 3. The number of nitrogens with one attached hydrogen (secondary N) is 1. The molecule has 130 valence electrons. The molecule has 4 rings (SSSR count). The number of dihydropyridines is 1. The first-order chi connectivity index (χ1) is 12.1. The summed E-state index contributed by atoms with van der Waals surface area (Å²) in [4.78, 5) is 5.14. The van der Waals surface area contributed by atoms with E-state index in [0.29, 0.717) is 0 Å². The van der Waals surface area contributed by atoms with E-state index in [1.807, 2.05) is 0 Å². The summed E-state index contributed by atoms with van der Waals surface area (Å²) in [7, 11) is 0. The molecule has 1 aromatic carbocycles. The Kier molecular flexibility index (Phi) is 4.34. The first-order valence-corrected chi connectivity index (χ1v) is 9.42. The van der Waals surface area contributed by atoms with Crippen molar-refractivity contribution >= 4 is 5.71 Å². The Bertz CT molecular complexity index is 761. The largest absolute Gasteiger partial charge is 0.318 e. The van der Waals surface area contributed by atoms with E-state index in [1.165, 1.54) is 41.7 Å². The van der Waals surface area contributed by atoms with Gasteiger partial charge in [-0.2, -0.15) is 0 Å². The fourth-order valence-electron chi connectivity index (χ4n) is 3.89. The molecule has 0 spiro atoms. The average molecular weight is 333 g/mol. The number of benzene rings is 1. The molecular weight excluding hydrogens is 306 g/mol. The number of hydrogen-bond acceptors (Lipinski definition) is 3. The number of rotatable bonds is 3. The van der Waals surface area contributed by atoms with Crippen molar-refractivity contribution in [2.24, 2.45) is 4.99 Å². The molecule has 0 amide bonds. The minimum absolute atomic E-state index is 0.179. The van der Waals surface area contributed by atoms with Gasteiger partial charge in [-0.3, -0.25) is 4.99 Å². The summed E-state index contributed by atoms with van der Waals surface area (Å²) in [6.07, 6.45) is 13.7. The Hall–Kier alpha value is -2.13. The Labute approximate surface area is 150 Å². The quantitative estimate of drug-likeness (QED) is 0.892. The van der Waals surface area contributed by atoms with E-state index in [2.05, 4.69) is 72.9 Å². The molecule has 2 aliphatic heterocycles. The normalized spacial score (nSPS) is 26.4. The highest BCUT2D eigenvalue weighted by Crippen LogP contribution is 2.37. The summed E-state index contributed by atoms with van der Waals surface area (Å²) >= 11 is 0. The van der Waals surface area contributed by atoms with Crippen LogP contribution in [-0.2, 0) is 0 Å². The van der Waals surface area contributed by atoms with E-state index in [4.69, 9.17) is 4.99 Å². The van der Waals surface area contributed by atoms with Gasteiger partial charge in [0, 0.05) is 18.7 Å². The number of piperidine rings is 1. The molecule has 1 aromatic rings. The summed E-state index contributed by atoms with van der Waals surface area (Å²) < 4.78 is 0. The van der Waals surface area contributed by atoms with Gasteiger partial charge < -0.3 is 5.43 Å². The molecule has 1 atom stereocenters. The lowest BCUT2D eigenvalue weighted by Crippen LogP contribution is -2.45. The molecule has 3 nitrogen and oxygen atoms in total. The topological polar surface area (TPSA) is 27.6 Å². The second kappa shape index (κ2) is 6.64. The van der Waals surface area contributed by atoms with Crippen LogP contribution in [0, 0.1) is 6.92 Å². The van der Waals surface area contributed by atoms with Crippen LogP contribution in [0.5, 0.6) is 0 Å². The maximum atomic E-state index is 5.14. The zero-order valence-corrected chi connectivity index (χ0v) is 15.3. The number of hydrogen-bond donors (Lipinski definition) is 1. The molecule has 0 aromatic heterocycles. The fraction of sp³-hybridized carbons (Fsp3) is 0.409. The van der Waals surface area contributed by atoms with Crippen LogP contribution in [0.3, 0.4) is 0 Å². The van der Waals surface area contributed by atoms with E-state index in [0.717, 1.165) is 25.2 Å². The maximum Gasteiger partial charge on any atom is 0.0890 e. The van der Waals surface area contributed by atoms with Gasteiger partial charge >= 0.3 is 0 Å². The number of hydrazine groups is 1. The molecule has 3 heteroatoms. The highest BCUT2D eigenvalue weighted by atomic mass is 15.5. The highest BCUT2D eigenvalue weighted by Gasteiger charge is 2.35. The Morgan fingerprint density at radius 1 is 1.08 bits per heavy atom. The van der Waals surface area contributed by atoms with Crippen molar-refractivity contribution in [2.75, 3.05) is 13.1 Å². The smallest absolute Gasteiger partial charge is 0.0890 e. The summed E-state index contributed by atoms with van der Waals surface area (Å²) in [5.41, 5.74) is 9.59. The van der Waals surface area contributed by atoms with Crippen molar-refractivity contribution in [1.29, 1.82) is 0 Å². The molecule has 1 aliphatic carbocycles. The predicted octanol–water partition coefficient (Wildman–Crippen LogP) is 4.32. The third-order valence-corrected chi connectivity index (χ3v) is 5.41. The van der Waals surface area contributed by atoms with Gasteiger partial charge in [0.1, 0.15) is 0 Å². The molecule has 1 unspecified atom stereocenters. The monoisotopic (exact) mass is 333 g/mol. The summed E-state index contributed by atoms with van der Waals surface area (Å²) in [6.45, 7) is 6.61. The third-order valence-electron chi connectivity index (χ3n) is 5.41. The van der Waals surface area contributed by atoms with Crippen molar-refractivity contribution in [2.45, 2.75) is 45.1 Å². The number of aliphatic imine (C=N–C) groups is 1.